The van der Waals surface area contributed by atoms with Crippen LogP contribution in [0.5, 0.6) is 0 Å². The molecular weight excluding hydrogens is 368 g/mol. The van der Waals surface area contributed by atoms with Crippen LogP contribution in [-0.2, 0) is 18.9 Å². The number of rotatable bonds is 8. The van der Waals surface area contributed by atoms with E-state index in [-0.39, 0.29) is 12.7 Å². The molecule has 0 aromatic heterocycles. The standard InChI is InChI=1S/C18H18O.C6H12O4/c1-3-9-17(10-4-1)13-7-15-19-16-8-14-18-11-5-2-6-12-18;1-6(8-2)9-4-5(3-7)10-6/h1-14H,15-16H2;5,7H,3-4H2,1-2H3. The van der Waals surface area contributed by atoms with Crippen molar-refractivity contribution in [1.82, 2.24) is 0 Å². The summed E-state index contributed by atoms with van der Waals surface area (Å²) in [5.74, 6) is -0.951. The van der Waals surface area contributed by atoms with E-state index >= 15 is 0 Å². The van der Waals surface area contributed by atoms with Crippen LogP contribution >= 0.6 is 0 Å². The molecule has 3 rings (SSSR count). The molecule has 5 heteroatoms. The van der Waals surface area contributed by atoms with Crippen LogP contribution in [0.1, 0.15) is 18.1 Å². The Balaban J connectivity index is 0.000000253. The van der Waals surface area contributed by atoms with E-state index in [0.717, 1.165) is 0 Å². The molecule has 0 bridgehead atoms. The lowest BCUT2D eigenvalue weighted by atomic mass is 10.2. The van der Waals surface area contributed by atoms with Gasteiger partial charge in [-0.1, -0.05) is 85.0 Å². The normalized spacial score (nSPS) is 21.4. The van der Waals surface area contributed by atoms with Crippen molar-refractivity contribution < 1.29 is 24.1 Å². The van der Waals surface area contributed by atoms with Crippen molar-refractivity contribution in [2.75, 3.05) is 33.5 Å². The van der Waals surface area contributed by atoms with Gasteiger partial charge in [-0.2, -0.15) is 0 Å². The van der Waals surface area contributed by atoms with Crippen molar-refractivity contribution in [3.05, 3.63) is 83.9 Å². The third kappa shape index (κ3) is 9.17. The minimum absolute atomic E-state index is 0.0288. The topological polar surface area (TPSA) is 57.2 Å². The van der Waals surface area contributed by atoms with E-state index in [1.54, 1.807) is 6.92 Å². The van der Waals surface area contributed by atoms with Gasteiger partial charge in [-0.15, -0.1) is 0 Å². The summed E-state index contributed by atoms with van der Waals surface area (Å²) < 4.78 is 20.6. The molecule has 0 spiro atoms. The largest absolute Gasteiger partial charge is 0.394 e. The SMILES string of the molecule is C(=Cc1ccccc1)COCC=Cc1ccccc1.COC1(C)OCC(CO)O1. The predicted molar refractivity (Wildman–Crippen MR) is 115 cm³/mol. The Labute approximate surface area is 173 Å². The predicted octanol–water partition coefficient (Wildman–Crippen LogP) is 4.14. The van der Waals surface area contributed by atoms with Crippen LogP contribution in [0.3, 0.4) is 0 Å². The second kappa shape index (κ2) is 13.0. The summed E-state index contributed by atoms with van der Waals surface area (Å²) in [5, 5.41) is 8.63. The van der Waals surface area contributed by atoms with Crippen LogP contribution in [0, 0.1) is 0 Å². The van der Waals surface area contributed by atoms with Gasteiger partial charge in [0.25, 0.3) is 5.97 Å². The number of aliphatic hydroxyl groups excluding tert-OH is 1. The van der Waals surface area contributed by atoms with Crippen molar-refractivity contribution in [2.24, 2.45) is 0 Å². The molecule has 1 aliphatic heterocycles. The number of hydrogen-bond donors (Lipinski definition) is 1. The van der Waals surface area contributed by atoms with E-state index < -0.39 is 5.97 Å². The van der Waals surface area contributed by atoms with Gasteiger partial charge >= 0.3 is 0 Å². The molecule has 156 valence electrons. The molecule has 0 aliphatic carbocycles. The molecule has 2 aromatic rings. The molecule has 2 aromatic carbocycles. The second-order valence-corrected chi connectivity index (χ2v) is 6.46. The molecule has 5 nitrogen and oxygen atoms in total. The van der Waals surface area contributed by atoms with E-state index in [9.17, 15) is 0 Å². The molecule has 2 unspecified atom stereocenters. The van der Waals surface area contributed by atoms with E-state index in [0.29, 0.717) is 19.8 Å². The Bertz CT molecular complexity index is 680. The van der Waals surface area contributed by atoms with Crippen LogP contribution in [0.2, 0.25) is 0 Å². The summed E-state index contributed by atoms with van der Waals surface area (Å²) in [7, 11) is 1.50. The lowest BCUT2D eigenvalue weighted by Crippen LogP contribution is -2.29. The number of hydrogen-bond acceptors (Lipinski definition) is 5. The molecule has 0 radical (unpaired) electrons. The van der Waals surface area contributed by atoms with Crippen molar-refractivity contribution >= 4 is 12.2 Å². The zero-order chi connectivity index (χ0) is 20.8. The molecule has 29 heavy (non-hydrogen) atoms. The lowest BCUT2D eigenvalue weighted by molar-refractivity contribution is -0.314. The van der Waals surface area contributed by atoms with E-state index in [1.165, 1.54) is 18.2 Å². The van der Waals surface area contributed by atoms with Crippen LogP contribution in [0.4, 0.5) is 0 Å². The molecule has 1 saturated heterocycles. The van der Waals surface area contributed by atoms with E-state index in [1.807, 2.05) is 48.6 Å². The molecule has 0 amide bonds. The zero-order valence-corrected chi connectivity index (χ0v) is 17.1. The van der Waals surface area contributed by atoms with Crippen LogP contribution in [-0.4, -0.2) is 50.7 Å². The Hall–Kier alpha value is -2.28. The summed E-state index contributed by atoms with van der Waals surface area (Å²) in [6, 6.07) is 20.5. The van der Waals surface area contributed by atoms with Gasteiger partial charge in [0.2, 0.25) is 0 Å². The fraction of sp³-hybridized carbons (Fsp3) is 0.333. The maximum absolute atomic E-state index is 8.63. The fourth-order valence-electron chi connectivity index (χ4n) is 2.51. The van der Waals surface area contributed by atoms with Crippen molar-refractivity contribution in [2.45, 2.75) is 19.0 Å². The Morgan fingerprint density at radius 3 is 1.86 bits per heavy atom. The minimum atomic E-state index is -0.951. The first-order chi connectivity index (χ1) is 14.1. The average Bonchev–Trinajstić information content (AvgIpc) is 3.17. The van der Waals surface area contributed by atoms with Gasteiger partial charge in [0.15, 0.2) is 0 Å². The third-order valence-corrected chi connectivity index (χ3v) is 4.13. The first-order valence-corrected chi connectivity index (χ1v) is 9.64. The highest BCUT2D eigenvalue weighted by atomic mass is 16.9. The first-order valence-electron chi connectivity index (χ1n) is 9.64. The molecule has 1 fully saturated rings. The number of methoxy groups -OCH3 is 1. The van der Waals surface area contributed by atoms with Gasteiger partial charge in [-0.25, -0.2) is 0 Å². The van der Waals surface area contributed by atoms with E-state index in [4.69, 9.17) is 24.1 Å². The highest BCUT2D eigenvalue weighted by Crippen LogP contribution is 2.22. The molecule has 1 aliphatic rings. The summed E-state index contributed by atoms with van der Waals surface area (Å²) >= 11 is 0. The van der Waals surface area contributed by atoms with E-state index in [2.05, 4.69) is 36.4 Å². The molecule has 0 saturated carbocycles. The summed E-state index contributed by atoms with van der Waals surface area (Å²) in [6.07, 6.45) is 7.96. The Morgan fingerprint density at radius 2 is 1.48 bits per heavy atom. The average molecular weight is 398 g/mol. The van der Waals surface area contributed by atoms with Gasteiger partial charge in [0, 0.05) is 14.0 Å². The van der Waals surface area contributed by atoms with Gasteiger partial charge in [-0.05, 0) is 11.1 Å². The van der Waals surface area contributed by atoms with Crippen molar-refractivity contribution in [1.29, 1.82) is 0 Å². The van der Waals surface area contributed by atoms with Crippen LogP contribution < -0.4 is 0 Å². The smallest absolute Gasteiger partial charge is 0.280 e. The number of aliphatic hydroxyl groups is 1. The monoisotopic (exact) mass is 398 g/mol. The summed E-state index contributed by atoms with van der Waals surface area (Å²) in [6.45, 7) is 3.30. The minimum Gasteiger partial charge on any atom is -0.394 e. The second-order valence-electron chi connectivity index (χ2n) is 6.46. The Kier molecular flexibility index (Phi) is 10.3. The summed E-state index contributed by atoms with van der Waals surface area (Å²) in [4.78, 5) is 0. The van der Waals surface area contributed by atoms with Crippen molar-refractivity contribution in [3.63, 3.8) is 0 Å². The fourth-order valence-corrected chi connectivity index (χ4v) is 2.51. The molecule has 1 heterocycles. The first kappa shape index (κ1) is 23.0. The Morgan fingerprint density at radius 1 is 0.966 bits per heavy atom. The van der Waals surface area contributed by atoms with Crippen molar-refractivity contribution in [3.8, 4) is 0 Å². The lowest BCUT2D eigenvalue weighted by Gasteiger charge is -2.19. The van der Waals surface area contributed by atoms with Gasteiger partial charge < -0.3 is 24.1 Å². The maximum Gasteiger partial charge on any atom is 0.280 e. The third-order valence-electron chi connectivity index (χ3n) is 4.13. The van der Waals surface area contributed by atoms with Crippen LogP contribution in [0.25, 0.3) is 12.2 Å². The van der Waals surface area contributed by atoms with Crippen LogP contribution in [0.15, 0.2) is 72.8 Å². The quantitative estimate of drug-likeness (QED) is 0.677. The molecule has 1 N–H and O–H groups in total. The number of benzene rings is 2. The number of ether oxygens (including phenoxy) is 4. The summed E-state index contributed by atoms with van der Waals surface area (Å²) in [5.41, 5.74) is 2.40. The highest BCUT2D eigenvalue weighted by molar-refractivity contribution is 5.49. The maximum atomic E-state index is 8.63. The van der Waals surface area contributed by atoms with Gasteiger partial charge in [0.1, 0.15) is 6.10 Å². The van der Waals surface area contributed by atoms with Gasteiger partial charge in [-0.3, -0.25) is 0 Å². The van der Waals surface area contributed by atoms with Gasteiger partial charge in [0.05, 0.1) is 26.4 Å². The molecule has 2 atom stereocenters. The molecular formula is C24H30O5. The zero-order valence-electron chi connectivity index (χ0n) is 17.1. The highest BCUT2D eigenvalue weighted by Gasteiger charge is 2.36.